The van der Waals surface area contributed by atoms with Crippen molar-refractivity contribution in [2.24, 2.45) is 0 Å². The van der Waals surface area contributed by atoms with Crippen molar-refractivity contribution in [2.75, 3.05) is 13.1 Å². The molecule has 0 unspecified atom stereocenters. The maximum atomic E-state index is 11.8. The Morgan fingerprint density at radius 3 is 2.23 bits per heavy atom. The molecule has 0 saturated carbocycles. The second-order valence-corrected chi connectivity index (χ2v) is 5.65. The van der Waals surface area contributed by atoms with Crippen LogP contribution in [0.4, 0.5) is 0 Å². The first-order valence-corrected chi connectivity index (χ1v) is 7.32. The summed E-state index contributed by atoms with van der Waals surface area (Å²) in [7, 11) is 0. The number of Topliss-reactive ketones (excluding diaryl/α,β-unsaturated/α-hetero) is 1. The molecule has 4 nitrogen and oxygen atoms in total. The van der Waals surface area contributed by atoms with Crippen LogP contribution in [0.15, 0.2) is 6.07 Å². The van der Waals surface area contributed by atoms with E-state index < -0.39 is 5.97 Å². The first-order valence-electron chi connectivity index (χ1n) is 7.32. The molecule has 0 fully saturated rings. The number of carboxylic acid groups (broad SMARTS) is 1. The molecule has 1 aromatic rings. The van der Waals surface area contributed by atoms with Gasteiger partial charge >= 0.3 is 5.97 Å². The van der Waals surface area contributed by atoms with Gasteiger partial charge in [0.15, 0.2) is 5.78 Å². The predicted molar refractivity (Wildman–Crippen MR) is 91.1 cm³/mol. The van der Waals surface area contributed by atoms with Crippen LogP contribution in [-0.2, 0) is 11.3 Å². The van der Waals surface area contributed by atoms with E-state index in [0.717, 1.165) is 40.8 Å². The zero-order chi connectivity index (χ0) is 16.2. The number of aryl methyl sites for hydroxylation is 2. The predicted octanol–water partition coefficient (Wildman–Crippen LogP) is 3.53. The Hall–Kier alpha value is -1.39. The van der Waals surface area contributed by atoms with E-state index in [0.29, 0.717) is 6.54 Å². The molecule has 5 heteroatoms. The van der Waals surface area contributed by atoms with Gasteiger partial charge < -0.3 is 5.11 Å². The summed E-state index contributed by atoms with van der Waals surface area (Å²) in [6.07, 6.45) is 0.900. The highest BCUT2D eigenvalue weighted by atomic mass is 35.5. The number of ketones is 1. The van der Waals surface area contributed by atoms with Crippen molar-refractivity contribution in [2.45, 2.75) is 47.6 Å². The van der Waals surface area contributed by atoms with Crippen molar-refractivity contribution < 1.29 is 14.7 Å². The van der Waals surface area contributed by atoms with Crippen LogP contribution in [0.5, 0.6) is 0 Å². The van der Waals surface area contributed by atoms with Gasteiger partial charge in [0.05, 0.1) is 6.54 Å². The van der Waals surface area contributed by atoms with Crippen LogP contribution >= 0.6 is 12.4 Å². The zero-order valence-corrected chi connectivity index (χ0v) is 14.8. The molecule has 0 aliphatic heterocycles. The van der Waals surface area contributed by atoms with Crippen LogP contribution in [0.1, 0.15) is 52.9 Å². The van der Waals surface area contributed by atoms with Crippen LogP contribution in [0.25, 0.3) is 0 Å². The Morgan fingerprint density at radius 2 is 1.77 bits per heavy atom. The molecule has 0 aliphatic rings. The summed E-state index contributed by atoms with van der Waals surface area (Å²) in [6.45, 7) is 10.9. The minimum atomic E-state index is -0.822. The number of hydrogen-bond acceptors (Lipinski definition) is 3. The monoisotopic (exact) mass is 327 g/mol. The van der Waals surface area contributed by atoms with Gasteiger partial charge in [-0.1, -0.05) is 13.0 Å². The summed E-state index contributed by atoms with van der Waals surface area (Å²) in [6, 6.07) is 2.02. The average Bonchev–Trinajstić information content (AvgIpc) is 2.32. The van der Waals surface area contributed by atoms with Crippen molar-refractivity contribution in [3.63, 3.8) is 0 Å². The van der Waals surface area contributed by atoms with E-state index in [4.69, 9.17) is 5.11 Å². The van der Waals surface area contributed by atoms with E-state index >= 15 is 0 Å². The minimum Gasteiger partial charge on any atom is -0.480 e. The summed E-state index contributed by atoms with van der Waals surface area (Å²) in [4.78, 5) is 24.7. The Balaban J connectivity index is 0.00000441. The fourth-order valence-corrected chi connectivity index (χ4v) is 2.96. The normalized spacial score (nSPS) is 10.5. The lowest BCUT2D eigenvalue weighted by atomic mass is 9.91. The number of benzene rings is 1. The minimum absolute atomic E-state index is 0. The van der Waals surface area contributed by atoms with Gasteiger partial charge in [0.2, 0.25) is 0 Å². The van der Waals surface area contributed by atoms with E-state index in [9.17, 15) is 9.59 Å². The fourth-order valence-electron chi connectivity index (χ4n) is 2.96. The Kier molecular flexibility index (Phi) is 8.35. The number of hydrogen-bond donors (Lipinski definition) is 1. The van der Waals surface area contributed by atoms with E-state index in [1.807, 2.05) is 38.7 Å². The first-order chi connectivity index (χ1) is 9.77. The molecule has 1 N–H and O–H groups in total. The van der Waals surface area contributed by atoms with Gasteiger partial charge in [-0.3, -0.25) is 14.5 Å². The van der Waals surface area contributed by atoms with Crippen LogP contribution in [0, 0.1) is 20.8 Å². The van der Waals surface area contributed by atoms with Gasteiger partial charge in [0.1, 0.15) is 0 Å². The Labute approximate surface area is 138 Å². The van der Waals surface area contributed by atoms with Gasteiger partial charge in [-0.2, -0.15) is 0 Å². The van der Waals surface area contributed by atoms with Gasteiger partial charge in [-0.05, 0) is 62.9 Å². The molecule has 0 heterocycles. The van der Waals surface area contributed by atoms with Crippen molar-refractivity contribution in [3.8, 4) is 0 Å². The Morgan fingerprint density at radius 1 is 1.18 bits per heavy atom. The van der Waals surface area contributed by atoms with Crippen LogP contribution in [0.3, 0.4) is 0 Å². The number of halogens is 1. The van der Waals surface area contributed by atoms with E-state index in [-0.39, 0.29) is 24.7 Å². The molecule has 124 valence electrons. The molecular weight excluding hydrogens is 302 g/mol. The zero-order valence-electron chi connectivity index (χ0n) is 14.0. The second-order valence-electron chi connectivity index (χ2n) is 5.65. The molecule has 0 saturated heterocycles. The quantitative estimate of drug-likeness (QED) is 0.778. The molecule has 1 aromatic carbocycles. The van der Waals surface area contributed by atoms with E-state index in [1.54, 1.807) is 6.92 Å². The molecule has 0 spiro atoms. The highest BCUT2D eigenvalue weighted by Crippen LogP contribution is 2.24. The highest BCUT2D eigenvalue weighted by Gasteiger charge is 2.17. The SMILES string of the molecule is CCCN(CC(=O)O)Cc1c(C)cc(C)c(C(C)=O)c1C.Cl. The molecule has 0 radical (unpaired) electrons. The topological polar surface area (TPSA) is 57.6 Å². The van der Waals surface area contributed by atoms with Crippen LogP contribution in [-0.4, -0.2) is 34.8 Å². The summed E-state index contributed by atoms with van der Waals surface area (Å²) in [5.41, 5.74) is 4.91. The number of carboxylic acids is 1. The molecule has 0 aliphatic carbocycles. The number of nitrogens with zero attached hydrogens (tertiary/aromatic N) is 1. The Bertz CT molecular complexity index is 555. The third-order valence-corrected chi connectivity index (χ3v) is 3.76. The lowest BCUT2D eigenvalue weighted by molar-refractivity contribution is -0.138. The standard InChI is InChI=1S/C17H25NO3.ClH/c1-6-7-18(10-16(20)21)9-15-11(2)8-12(3)17(13(15)4)14(5)19;/h8H,6-7,9-10H2,1-5H3,(H,20,21);1H. The maximum Gasteiger partial charge on any atom is 0.317 e. The molecule has 0 aromatic heterocycles. The molecule has 0 bridgehead atoms. The lowest BCUT2D eigenvalue weighted by Gasteiger charge is -2.23. The molecule has 0 atom stereocenters. The summed E-state index contributed by atoms with van der Waals surface area (Å²) in [5.74, 6) is -0.760. The maximum absolute atomic E-state index is 11.8. The highest BCUT2D eigenvalue weighted by molar-refractivity contribution is 5.97. The summed E-state index contributed by atoms with van der Waals surface area (Å²) >= 11 is 0. The number of carbonyl (C=O) groups excluding carboxylic acids is 1. The molecule has 22 heavy (non-hydrogen) atoms. The fraction of sp³-hybridized carbons (Fsp3) is 0.529. The number of rotatable bonds is 7. The van der Waals surface area contributed by atoms with Crippen molar-refractivity contribution in [1.29, 1.82) is 0 Å². The van der Waals surface area contributed by atoms with Crippen LogP contribution in [0.2, 0.25) is 0 Å². The molecular formula is C17H26ClNO3. The van der Waals surface area contributed by atoms with Gasteiger partial charge in [0.25, 0.3) is 0 Å². The summed E-state index contributed by atoms with van der Waals surface area (Å²) in [5, 5.41) is 9.02. The van der Waals surface area contributed by atoms with Crippen LogP contribution < -0.4 is 0 Å². The van der Waals surface area contributed by atoms with Gasteiger partial charge in [-0.15, -0.1) is 12.4 Å². The number of aliphatic carboxylic acids is 1. The van der Waals surface area contributed by atoms with Gasteiger partial charge in [0, 0.05) is 12.1 Å². The second kappa shape index (κ2) is 8.91. The first kappa shape index (κ1) is 20.6. The van der Waals surface area contributed by atoms with Crippen molar-refractivity contribution in [3.05, 3.63) is 33.9 Å². The van der Waals surface area contributed by atoms with Gasteiger partial charge in [-0.25, -0.2) is 0 Å². The van der Waals surface area contributed by atoms with Crippen molar-refractivity contribution >= 4 is 24.2 Å². The number of carbonyl (C=O) groups is 2. The summed E-state index contributed by atoms with van der Waals surface area (Å²) < 4.78 is 0. The average molecular weight is 328 g/mol. The molecule has 0 amide bonds. The smallest absolute Gasteiger partial charge is 0.317 e. The largest absolute Gasteiger partial charge is 0.480 e. The third-order valence-electron chi connectivity index (χ3n) is 3.76. The third kappa shape index (κ3) is 5.11. The van der Waals surface area contributed by atoms with Crippen molar-refractivity contribution in [1.82, 2.24) is 4.90 Å². The lowest BCUT2D eigenvalue weighted by Crippen LogP contribution is -2.30. The van der Waals surface area contributed by atoms with E-state index in [2.05, 4.69) is 0 Å². The molecule has 1 rings (SSSR count). The van der Waals surface area contributed by atoms with E-state index in [1.165, 1.54) is 0 Å².